The van der Waals surface area contributed by atoms with E-state index in [0.717, 1.165) is 35.0 Å². The first-order valence-electron chi connectivity index (χ1n) is 9.98. The van der Waals surface area contributed by atoms with E-state index in [1.165, 1.54) is 10.4 Å². The van der Waals surface area contributed by atoms with Gasteiger partial charge in [-0.15, -0.1) is 11.3 Å². The molecule has 3 aromatic heterocycles. The monoisotopic (exact) mass is 409 g/mol. The zero-order valence-corrected chi connectivity index (χ0v) is 17.0. The van der Waals surface area contributed by atoms with E-state index in [1.807, 2.05) is 17.0 Å². The van der Waals surface area contributed by atoms with E-state index < -0.39 is 18.1 Å². The summed E-state index contributed by atoms with van der Waals surface area (Å²) in [4.78, 5) is 30.2. The molecule has 3 atom stereocenters. The molecular weight excluding hydrogens is 386 g/mol. The van der Waals surface area contributed by atoms with Crippen molar-refractivity contribution in [1.29, 1.82) is 0 Å². The van der Waals surface area contributed by atoms with E-state index in [0.29, 0.717) is 30.5 Å². The Hall–Kier alpha value is -2.58. The number of hydrogen-bond acceptors (Lipinski definition) is 7. The van der Waals surface area contributed by atoms with Gasteiger partial charge in [0, 0.05) is 35.8 Å². The van der Waals surface area contributed by atoms with Crippen LogP contribution in [0.5, 0.6) is 0 Å². The molecule has 0 bridgehead atoms. The second-order valence-electron chi connectivity index (χ2n) is 8.10. The third-order valence-electron chi connectivity index (χ3n) is 5.94. The highest BCUT2D eigenvalue weighted by molar-refractivity contribution is 7.19. The predicted octanol–water partition coefficient (Wildman–Crippen LogP) is 2.30. The maximum Gasteiger partial charge on any atom is 0.240 e. The lowest BCUT2D eigenvalue weighted by atomic mass is 9.89. The Balaban J connectivity index is 1.74. The van der Waals surface area contributed by atoms with Gasteiger partial charge in [-0.2, -0.15) is 0 Å². The van der Waals surface area contributed by atoms with Crippen LogP contribution in [0.25, 0.3) is 21.6 Å². The number of hydrogen-bond donors (Lipinski definition) is 2. The minimum absolute atomic E-state index is 0.326. The molecule has 1 amide bonds. The molecule has 29 heavy (non-hydrogen) atoms. The molecule has 0 aromatic carbocycles. The van der Waals surface area contributed by atoms with Gasteiger partial charge in [0.15, 0.2) is 5.82 Å². The first-order valence-corrected chi connectivity index (χ1v) is 10.8. The smallest absolute Gasteiger partial charge is 0.240 e. The third kappa shape index (κ3) is 3.16. The van der Waals surface area contributed by atoms with E-state index in [-0.39, 0.29) is 0 Å². The SMILES string of the molecule is C[C@@H]1CCc2c(sc3nc(-c4cccnc4)nc(N4C[C@@H](O)C[C@H]4C(N)=O)c23)C1. The Bertz CT molecular complexity index is 1080. The Morgan fingerprint density at radius 1 is 1.38 bits per heavy atom. The van der Waals surface area contributed by atoms with Gasteiger partial charge >= 0.3 is 0 Å². The normalized spacial score (nSPS) is 24.1. The Kier molecular flexibility index (Phi) is 4.48. The Morgan fingerprint density at radius 3 is 3.00 bits per heavy atom. The number of aliphatic hydroxyl groups is 1. The summed E-state index contributed by atoms with van der Waals surface area (Å²) in [6.45, 7) is 2.62. The standard InChI is InChI=1S/C21H23N5O2S/c1-11-4-5-14-16(7-11)29-21-17(14)20(26-10-13(27)8-15(26)18(22)28)24-19(25-21)12-3-2-6-23-9-12/h2-3,6,9,11,13,15,27H,4-5,7-8,10H2,1H3,(H2,22,28)/t11-,13+,15+/m1/s1. The number of fused-ring (bicyclic) bond motifs is 3. The van der Waals surface area contributed by atoms with Gasteiger partial charge in [-0.3, -0.25) is 9.78 Å². The number of carbonyl (C=O) groups excluding carboxylic acids is 1. The number of nitrogens with two attached hydrogens (primary N) is 1. The molecule has 8 heteroatoms. The van der Waals surface area contributed by atoms with Crippen LogP contribution in [-0.2, 0) is 17.6 Å². The minimum Gasteiger partial charge on any atom is -0.391 e. The number of rotatable bonds is 3. The summed E-state index contributed by atoms with van der Waals surface area (Å²) >= 11 is 1.72. The van der Waals surface area contributed by atoms with Gasteiger partial charge < -0.3 is 15.7 Å². The van der Waals surface area contributed by atoms with E-state index >= 15 is 0 Å². The molecule has 0 saturated carbocycles. The van der Waals surface area contributed by atoms with Crippen molar-refractivity contribution in [3.8, 4) is 11.4 Å². The Labute approximate surface area is 172 Å². The van der Waals surface area contributed by atoms with Crippen LogP contribution in [0.2, 0.25) is 0 Å². The predicted molar refractivity (Wildman–Crippen MR) is 113 cm³/mol. The Morgan fingerprint density at radius 2 is 2.24 bits per heavy atom. The highest BCUT2D eigenvalue weighted by atomic mass is 32.1. The van der Waals surface area contributed by atoms with E-state index in [1.54, 1.807) is 23.7 Å². The van der Waals surface area contributed by atoms with Gasteiger partial charge in [0.2, 0.25) is 5.91 Å². The van der Waals surface area contributed by atoms with Crippen molar-refractivity contribution in [2.24, 2.45) is 11.7 Å². The van der Waals surface area contributed by atoms with Gasteiger partial charge in [-0.05, 0) is 42.9 Å². The van der Waals surface area contributed by atoms with Gasteiger partial charge in [-0.1, -0.05) is 6.92 Å². The molecule has 7 nitrogen and oxygen atoms in total. The van der Waals surface area contributed by atoms with Gasteiger partial charge in [0.25, 0.3) is 0 Å². The third-order valence-corrected chi connectivity index (χ3v) is 7.08. The largest absolute Gasteiger partial charge is 0.391 e. The van der Waals surface area contributed by atoms with E-state index in [4.69, 9.17) is 15.7 Å². The number of anilines is 1. The van der Waals surface area contributed by atoms with Crippen molar-refractivity contribution in [2.75, 3.05) is 11.4 Å². The number of pyridine rings is 1. The first-order chi connectivity index (χ1) is 14.0. The highest BCUT2D eigenvalue weighted by Gasteiger charge is 2.38. The minimum atomic E-state index is -0.603. The first kappa shape index (κ1) is 18.4. The van der Waals surface area contributed by atoms with Crippen LogP contribution >= 0.6 is 11.3 Å². The number of aromatic nitrogens is 3. The number of nitrogens with zero attached hydrogens (tertiary/aromatic N) is 4. The van der Waals surface area contributed by atoms with Crippen molar-refractivity contribution >= 4 is 33.3 Å². The number of aryl methyl sites for hydroxylation is 1. The maximum atomic E-state index is 12.1. The van der Waals surface area contributed by atoms with Crippen molar-refractivity contribution in [1.82, 2.24) is 15.0 Å². The molecule has 3 N–H and O–H groups in total. The quantitative estimate of drug-likeness (QED) is 0.688. The summed E-state index contributed by atoms with van der Waals surface area (Å²) in [5.74, 6) is 1.50. The number of β-amino-alcohol motifs (C(OH)–C–C–N with tert-alkyl or cyclic N) is 1. The lowest BCUT2D eigenvalue weighted by Crippen LogP contribution is -2.41. The molecule has 2 aliphatic rings. The second kappa shape index (κ2) is 7.03. The molecule has 3 aromatic rings. The molecule has 1 saturated heterocycles. The molecule has 1 aliphatic heterocycles. The summed E-state index contributed by atoms with van der Waals surface area (Å²) in [5, 5.41) is 11.3. The zero-order chi connectivity index (χ0) is 20.1. The number of carbonyl (C=O) groups is 1. The fraction of sp³-hybridized carbons (Fsp3) is 0.429. The van der Waals surface area contributed by atoms with Crippen molar-refractivity contribution in [3.63, 3.8) is 0 Å². The van der Waals surface area contributed by atoms with Crippen LogP contribution in [-0.4, -0.2) is 44.7 Å². The second-order valence-corrected chi connectivity index (χ2v) is 9.19. The average molecular weight is 410 g/mol. The van der Waals surface area contributed by atoms with E-state index in [2.05, 4.69) is 11.9 Å². The van der Waals surface area contributed by atoms with Gasteiger partial charge in [0.1, 0.15) is 16.7 Å². The fourth-order valence-corrected chi connectivity index (χ4v) is 5.85. The van der Waals surface area contributed by atoms with Gasteiger partial charge in [0.05, 0.1) is 11.5 Å². The van der Waals surface area contributed by atoms with Crippen LogP contribution in [0.4, 0.5) is 5.82 Å². The molecule has 150 valence electrons. The highest BCUT2D eigenvalue weighted by Crippen LogP contribution is 2.43. The molecule has 1 fully saturated rings. The topological polar surface area (TPSA) is 105 Å². The van der Waals surface area contributed by atoms with Gasteiger partial charge in [-0.25, -0.2) is 9.97 Å². The van der Waals surface area contributed by atoms with Crippen LogP contribution < -0.4 is 10.6 Å². The van der Waals surface area contributed by atoms with Crippen LogP contribution in [0, 0.1) is 5.92 Å². The van der Waals surface area contributed by atoms with Crippen molar-refractivity contribution < 1.29 is 9.90 Å². The zero-order valence-electron chi connectivity index (χ0n) is 16.2. The summed E-state index contributed by atoms with van der Waals surface area (Å²) in [5.41, 5.74) is 7.79. The molecule has 4 heterocycles. The maximum absolute atomic E-state index is 12.1. The lowest BCUT2D eigenvalue weighted by molar-refractivity contribution is -0.119. The summed E-state index contributed by atoms with van der Waals surface area (Å²) < 4.78 is 0. The van der Waals surface area contributed by atoms with Crippen LogP contribution in [0.15, 0.2) is 24.5 Å². The number of amides is 1. The molecule has 0 unspecified atom stereocenters. The summed E-state index contributed by atoms with van der Waals surface area (Å²) in [7, 11) is 0. The number of thiophene rings is 1. The van der Waals surface area contributed by atoms with E-state index in [9.17, 15) is 9.90 Å². The number of primary amides is 1. The molecule has 0 radical (unpaired) electrons. The number of aliphatic hydroxyl groups excluding tert-OH is 1. The van der Waals surface area contributed by atoms with Crippen LogP contribution in [0.3, 0.4) is 0 Å². The average Bonchev–Trinajstić information content (AvgIpc) is 3.27. The summed E-state index contributed by atoms with van der Waals surface area (Å²) in [6, 6.07) is 3.22. The molecule has 0 spiro atoms. The lowest BCUT2D eigenvalue weighted by Gasteiger charge is -2.25. The fourth-order valence-electron chi connectivity index (χ4n) is 4.47. The van der Waals surface area contributed by atoms with Crippen molar-refractivity contribution in [3.05, 3.63) is 35.0 Å². The summed E-state index contributed by atoms with van der Waals surface area (Å²) in [6.07, 6.45) is 6.33. The molecule has 1 aliphatic carbocycles. The molecule has 5 rings (SSSR count). The van der Waals surface area contributed by atoms with Crippen LogP contribution in [0.1, 0.15) is 30.2 Å². The van der Waals surface area contributed by atoms with Crippen molar-refractivity contribution in [2.45, 2.75) is 44.8 Å². The molecular formula is C21H23N5O2S.